The largest absolute Gasteiger partial charge is 0.327 e. The normalized spacial score (nSPS) is 30.3. The molecule has 0 amide bonds. The molecule has 1 saturated carbocycles. The van der Waals surface area contributed by atoms with Crippen LogP contribution in [0, 0.1) is 11.3 Å². The Balaban J connectivity index is 2.01. The minimum absolute atomic E-state index is 0.417. The van der Waals surface area contributed by atoms with Crippen molar-refractivity contribution in [1.82, 2.24) is 0 Å². The van der Waals surface area contributed by atoms with E-state index in [-0.39, 0.29) is 0 Å². The maximum atomic E-state index is 6.22. The Bertz CT molecular complexity index is 302. The predicted molar refractivity (Wildman–Crippen MR) is 67.1 cm³/mol. The molecule has 1 nitrogen and oxygen atoms in total. The number of thiophene rings is 1. The molecule has 1 fully saturated rings. The number of hydrogen-bond donors (Lipinski definition) is 1. The Morgan fingerprint density at radius 2 is 2.33 bits per heavy atom. The maximum absolute atomic E-state index is 6.22. The van der Waals surface area contributed by atoms with Gasteiger partial charge in [0.2, 0.25) is 0 Å². The second kappa shape index (κ2) is 4.26. The fourth-order valence-corrected chi connectivity index (χ4v) is 3.47. The van der Waals surface area contributed by atoms with Gasteiger partial charge in [0, 0.05) is 10.9 Å². The molecule has 2 heteroatoms. The zero-order chi connectivity index (χ0) is 10.9. The van der Waals surface area contributed by atoms with Crippen LogP contribution in [0.4, 0.5) is 0 Å². The van der Waals surface area contributed by atoms with Crippen LogP contribution in [0.3, 0.4) is 0 Å². The molecule has 2 N–H and O–H groups in total. The van der Waals surface area contributed by atoms with Crippen LogP contribution in [0.2, 0.25) is 0 Å². The number of rotatable bonds is 2. The Labute approximate surface area is 96.7 Å². The van der Waals surface area contributed by atoms with Crippen LogP contribution >= 0.6 is 11.3 Å². The summed E-state index contributed by atoms with van der Waals surface area (Å²) in [4.78, 5) is 1.49. The lowest BCUT2D eigenvalue weighted by Gasteiger charge is -2.39. The lowest BCUT2D eigenvalue weighted by molar-refractivity contribution is 0.157. The number of nitrogens with two attached hydrogens (primary N) is 1. The van der Waals surface area contributed by atoms with E-state index in [1.165, 1.54) is 30.6 Å². The summed E-state index contributed by atoms with van der Waals surface area (Å²) < 4.78 is 0. The molecule has 1 aliphatic carbocycles. The van der Waals surface area contributed by atoms with Gasteiger partial charge in [-0.05, 0) is 48.5 Å². The van der Waals surface area contributed by atoms with Crippen molar-refractivity contribution in [3.05, 3.63) is 22.4 Å². The van der Waals surface area contributed by atoms with E-state index in [2.05, 4.69) is 31.4 Å². The van der Waals surface area contributed by atoms with Crippen LogP contribution in [0.1, 0.15) is 38.0 Å². The molecular formula is C13H21NS. The summed E-state index contributed by atoms with van der Waals surface area (Å²) in [6.07, 6.45) is 4.95. The molecule has 2 unspecified atom stereocenters. The first kappa shape index (κ1) is 11.2. The summed E-state index contributed by atoms with van der Waals surface area (Å²) in [6, 6.07) is 4.79. The van der Waals surface area contributed by atoms with Crippen molar-refractivity contribution in [3.63, 3.8) is 0 Å². The SMILES string of the molecule is CC1(C)CCC(N)C(Cc2cccs2)C1. The number of hydrogen-bond acceptors (Lipinski definition) is 2. The molecule has 1 aromatic rings. The highest BCUT2D eigenvalue weighted by molar-refractivity contribution is 7.09. The van der Waals surface area contributed by atoms with E-state index in [0.29, 0.717) is 17.4 Å². The topological polar surface area (TPSA) is 26.0 Å². The maximum Gasteiger partial charge on any atom is 0.00710 e. The van der Waals surface area contributed by atoms with Crippen molar-refractivity contribution >= 4 is 11.3 Å². The lowest BCUT2D eigenvalue weighted by Crippen LogP contribution is -2.40. The second-order valence-corrected chi connectivity index (χ2v) is 6.65. The van der Waals surface area contributed by atoms with E-state index >= 15 is 0 Å². The zero-order valence-electron chi connectivity index (χ0n) is 9.70. The van der Waals surface area contributed by atoms with Crippen molar-refractivity contribution < 1.29 is 0 Å². The Kier molecular flexibility index (Phi) is 3.17. The van der Waals surface area contributed by atoms with Crippen molar-refractivity contribution in [1.29, 1.82) is 0 Å². The molecule has 0 spiro atoms. The Morgan fingerprint density at radius 1 is 1.53 bits per heavy atom. The average Bonchev–Trinajstić information content (AvgIpc) is 2.64. The first-order chi connectivity index (χ1) is 7.07. The molecule has 0 saturated heterocycles. The van der Waals surface area contributed by atoms with Gasteiger partial charge in [0.1, 0.15) is 0 Å². The highest BCUT2D eigenvalue weighted by Crippen LogP contribution is 2.39. The molecule has 0 aliphatic heterocycles. The van der Waals surface area contributed by atoms with Crippen LogP contribution in [0.25, 0.3) is 0 Å². The Morgan fingerprint density at radius 3 is 3.00 bits per heavy atom. The third-order valence-electron chi connectivity index (χ3n) is 3.62. The van der Waals surface area contributed by atoms with Crippen LogP contribution in [-0.2, 0) is 6.42 Å². The predicted octanol–water partition coefficient (Wildman–Crippen LogP) is 3.44. The summed E-state index contributed by atoms with van der Waals surface area (Å²) >= 11 is 1.86. The van der Waals surface area contributed by atoms with Crippen molar-refractivity contribution in [2.45, 2.75) is 45.6 Å². The van der Waals surface area contributed by atoms with Gasteiger partial charge >= 0.3 is 0 Å². The first-order valence-electron chi connectivity index (χ1n) is 5.85. The quantitative estimate of drug-likeness (QED) is 0.816. The monoisotopic (exact) mass is 223 g/mol. The molecule has 15 heavy (non-hydrogen) atoms. The van der Waals surface area contributed by atoms with E-state index in [1.54, 1.807) is 0 Å². The van der Waals surface area contributed by atoms with Crippen molar-refractivity contribution in [2.75, 3.05) is 0 Å². The molecule has 84 valence electrons. The van der Waals surface area contributed by atoms with Gasteiger partial charge in [0.15, 0.2) is 0 Å². The standard InChI is InChI=1S/C13H21NS/c1-13(2)6-5-12(14)10(9-13)8-11-4-3-7-15-11/h3-4,7,10,12H,5-6,8-9,14H2,1-2H3. The van der Waals surface area contributed by atoms with Crippen LogP contribution in [-0.4, -0.2) is 6.04 Å². The van der Waals surface area contributed by atoms with E-state index in [0.717, 1.165) is 0 Å². The molecule has 2 atom stereocenters. The van der Waals surface area contributed by atoms with Gasteiger partial charge in [-0.25, -0.2) is 0 Å². The molecule has 1 aromatic heterocycles. The molecular weight excluding hydrogens is 202 g/mol. The van der Waals surface area contributed by atoms with E-state index < -0.39 is 0 Å². The molecule has 1 aliphatic rings. The van der Waals surface area contributed by atoms with Gasteiger partial charge in [-0.1, -0.05) is 19.9 Å². The van der Waals surface area contributed by atoms with Crippen LogP contribution < -0.4 is 5.73 Å². The molecule has 0 radical (unpaired) electrons. The fraction of sp³-hybridized carbons (Fsp3) is 0.692. The minimum atomic E-state index is 0.417. The average molecular weight is 223 g/mol. The summed E-state index contributed by atoms with van der Waals surface area (Å²) in [5.74, 6) is 0.687. The first-order valence-corrected chi connectivity index (χ1v) is 6.73. The lowest BCUT2D eigenvalue weighted by atomic mass is 9.69. The summed E-state index contributed by atoms with van der Waals surface area (Å²) in [5, 5.41) is 2.16. The van der Waals surface area contributed by atoms with E-state index in [9.17, 15) is 0 Å². The van der Waals surface area contributed by atoms with Gasteiger partial charge in [0.05, 0.1) is 0 Å². The summed E-state index contributed by atoms with van der Waals surface area (Å²) in [6.45, 7) is 4.75. The summed E-state index contributed by atoms with van der Waals surface area (Å²) in [7, 11) is 0. The van der Waals surface area contributed by atoms with Crippen molar-refractivity contribution in [2.24, 2.45) is 17.1 Å². The highest BCUT2D eigenvalue weighted by Gasteiger charge is 2.32. The molecule has 0 bridgehead atoms. The van der Waals surface area contributed by atoms with E-state index in [4.69, 9.17) is 5.73 Å². The van der Waals surface area contributed by atoms with Gasteiger partial charge in [-0.15, -0.1) is 11.3 Å². The van der Waals surface area contributed by atoms with Gasteiger partial charge in [0.25, 0.3) is 0 Å². The smallest absolute Gasteiger partial charge is 0.00710 e. The van der Waals surface area contributed by atoms with Gasteiger partial charge in [-0.3, -0.25) is 0 Å². The second-order valence-electron chi connectivity index (χ2n) is 5.61. The van der Waals surface area contributed by atoms with Crippen LogP contribution in [0.15, 0.2) is 17.5 Å². The third kappa shape index (κ3) is 2.82. The molecule has 1 heterocycles. The van der Waals surface area contributed by atoms with E-state index in [1.807, 2.05) is 11.3 Å². The highest BCUT2D eigenvalue weighted by atomic mass is 32.1. The fourth-order valence-electron chi connectivity index (χ4n) is 2.67. The molecule has 0 aromatic carbocycles. The zero-order valence-corrected chi connectivity index (χ0v) is 10.5. The summed E-state index contributed by atoms with van der Waals surface area (Å²) in [5.41, 5.74) is 6.72. The van der Waals surface area contributed by atoms with Crippen LogP contribution in [0.5, 0.6) is 0 Å². The minimum Gasteiger partial charge on any atom is -0.327 e. The van der Waals surface area contributed by atoms with Gasteiger partial charge in [-0.2, -0.15) is 0 Å². The Hall–Kier alpha value is -0.340. The van der Waals surface area contributed by atoms with Crippen molar-refractivity contribution in [3.8, 4) is 0 Å². The third-order valence-corrected chi connectivity index (χ3v) is 4.52. The van der Waals surface area contributed by atoms with Gasteiger partial charge < -0.3 is 5.73 Å². The molecule has 2 rings (SSSR count).